The molecule has 8 heteroatoms. The van der Waals surface area contributed by atoms with E-state index in [1.54, 1.807) is 6.92 Å². The maximum absolute atomic E-state index is 12.5. The molecule has 0 amide bonds. The van der Waals surface area contributed by atoms with Crippen molar-refractivity contribution in [3.8, 4) is 11.8 Å². The van der Waals surface area contributed by atoms with Crippen LogP contribution >= 0.6 is 11.6 Å². The fraction of sp³-hybridized carbons (Fsp3) is 0.286. The normalized spacial score (nSPS) is 10.1. The molecule has 0 N–H and O–H groups in total. The van der Waals surface area contributed by atoms with Crippen LogP contribution in [0.1, 0.15) is 17.3 Å². The van der Waals surface area contributed by atoms with Gasteiger partial charge in [0.1, 0.15) is 28.0 Å². The number of methoxy groups -OCH3 is 1. The Labute approximate surface area is 130 Å². The number of halogens is 1. The Morgan fingerprint density at radius 3 is 2.86 bits per heavy atom. The average Bonchev–Trinajstić information content (AvgIpc) is 2.80. The van der Waals surface area contributed by atoms with E-state index in [1.807, 2.05) is 0 Å². The van der Waals surface area contributed by atoms with Gasteiger partial charge in [0.15, 0.2) is 0 Å². The van der Waals surface area contributed by atoms with E-state index in [9.17, 15) is 14.4 Å². The lowest BCUT2D eigenvalue weighted by molar-refractivity contribution is -0.108. The van der Waals surface area contributed by atoms with Crippen LogP contribution in [0.25, 0.3) is 11.0 Å². The molecule has 2 rings (SSSR count). The van der Waals surface area contributed by atoms with Crippen molar-refractivity contribution in [1.29, 1.82) is 0 Å². The summed E-state index contributed by atoms with van der Waals surface area (Å²) in [6, 6.07) is 0. The smallest absolute Gasteiger partial charge is 0.343 e. The van der Waals surface area contributed by atoms with Crippen LogP contribution in [0.15, 0.2) is 11.1 Å². The summed E-state index contributed by atoms with van der Waals surface area (Å²) in [5.74, 6) is 4.77. The topological polar surface area (TPSA) is 83.2 Å². The largest absolute Gasteiger partial charge is 0.465 e. The summed E-state index contributed by atoms with van der Waals surface area (Å²) in [5, 5.41) is 0.0260. The van der Waals surface area contributed by atoms with E-state index in [0.29, 0.717) is 6.29 Å². The van der Waals surface area contributed by atoms with Gasteiger partial charge in [-0.1, -0.05) is 17.5 Å². The standard InChI is InChI=1S/C14H12ClN3O4/c1-3-4-5-18-11-10(9(12(18)15)14(21)22-2)16-8-17(6-7-19)13(11)20/h7-8H,5-6H2,1-2H3. The number of hydrogen-bond donors (Lipinski definition) is 0. The van der Waals surface area contributed by atoms with Crippen LogP contribution in [-0.2, 0) is 22.6 Å². The third-order valence-electron chi connectivity index (χ3n) is 3.04. The summed E-state index contributed by atoms with van der Waals surface area (Å²) >= 11 is 6.20. The van der Waals surface area contributed by atoms with Gasteiger partial charge in [-0.05, 0) is 6.92 Å². The van der Waals surface area contributed by atoms with Crippen LogP contribution in [0, 0.1) is 11.8 Å². The first-order valence-corrected chi connectivity index (χ1v) is 6.63. The molecule has 0 unspecified atom stereocenters. The lowest BCUT2D eigenvalue weighted by Gasteiger charge is -2.03. The van der Waals surface area contributed by atoms with E-state index >= 15 is 0 Å². The van der Waals surface area contributed by atoms with E-state index in [2.05, 4.69) is 21.6 Å². The Bertz CT molecular complexity index is 870. The first kappa shape index (κ1) is 15.8. The molecule has 0 aromatic carbocycles. The van der Waals surface area contributed by atoms with Crippen molar-refractivity contribution in [2.45, 2.75) is 20.0 Å². The summed E-state index contributed by atoms with van der Waals surface area (Å²) in [5.41, 5.74) is -0.237. The molecule has 7 nitrogen and oxygen atoms in total. The summed E-state index contributed by atoms with van der Waals surface area (Å²) in [7, 11) is 1.21. The molecule has 2 heterocycles. The first-order chi connectivity index (χ1) is 10.6. The highest BCUT2D eigenvalue weighted by molar-refractivity contribution is 6.35. The van der Waals surface area contributed by atoms with E-state index in [0.717, 1.165) is 4.57 Å². The maximum atomic E-state index is 12.5. The van der Waals surface area contributed by atoms with Crippen molar-refractivity contribution in [2.24, 2.45) is 0 Å². The van der Waals surface area contributed by atoms with Gasteiger partial charge in [-0.3, -0.25) is 9.36 Å². The molecular formula is C14H12ClN3O4. The summed E-state index contributed by atoms with van der Waals surface area (Å²) < 4.78 is 7.20. The molecule has 0 atom stereocenters. The molecule has 22 heavy (non-hydrogen) atoms. The highest BCUT2D eigenvalue weighted by atomic mass is 35.5. The second kappa shape index (κ2) is 6.45. The van der Waals surface area contributed by atoms with E-state index in [4.69, 9.17) is 11.6 Å². The molecule has 0 aliphatic carbocycles. The third-order valence-corrected chi connectivity index (χ3v) is 3.43. The van der Waals surface area contributed by atoms with Crippen LogP contribution < -0.4 is 5.56 Å². The number of rotatable bonds is 4. The fourth-order valence-electron chi connectivity index (χ4n) is 2.04. The minimum absolute atomic E-state index is 0.00687. The van der Waals surface area contributed by atoms with Crippen LogP contribution in [-0.4, -0.2) is 33.5 Å². The Kier molecular flexibility index (Phi) is 4.63. The number of carbonyl (C=O) groups is 2. The monoisotopic (exact) mass is 321 g/mol. The number of ether oxygens (including phenoxy) is 1. The quantitative estimate of drug-likeness (QED) is 0.474. The minimum Gasteiger partial charge on any atom is -0.465 e. The van der Waals surface area contributed by atoms with Crippen LogP contribution in [0.5, 0.6) is 0 Å². The second-order valence-electron chi connectivity index (χ2n) is 4.24. The molecular weight excluding hydrogens is 310 g/mol. The number of hydrogen-bond acceptors (Lipinski definition) is 5. The van der Waals surface area contributed by atoms with Crippen LogP contribution in [0.4, 0.5) is 0 Å². The van der Waals surface area contributed by atoms with Crippen molar-refractivity contribution >= 4 is 34.9 Å². The Morgan fingerprint density at radius 2 is 2.27 bits per heavy atom. The van der Waals surface area contributed by atoms with Gasteiger partial charge in [-0.25, -0.2) is 9.78 Å². The van der Waals surface area contributed by atoms with E-state index in [1.165, 1.54) is 18.0 Å². The Hall–Kier alpha value is -2.59. The number of carbonyl (C=O) groups excluding carboxylic acids is 2. The predicted molar refractivity (Wildman–Crippen MR) is 79.9 cm³/mol. The van der Waals surface area contributed by atoms with Crippen molar-refractivity contribution in [1.82, 2.24) is 14.1 Å². The van der Waals surface area contributed by atoms with Gasteiger partial charge in [-0.15, -0.1) is 5.92 Å². The van der Waals surface area contributed by atoms with Gasteiger partial charge in [-0.2, -0.15) is 0 Å². The molecule has 0 saturated carbocycles. The molecule has 0 aliphatic heterocycles. The molecule has 2 aromatic rings. The number of nitrogens with zero attached hydrogens (tertiary/aromatic N) is 3. The number of aromatic nitrogens is 3. The summed E-state index contributed by atoms with van der Waals surface area (Å²) in [4.78, 5) is 39.1. The maximum Gasteiger partial charge on any atom is 0.343 e. The average molecular weight is 322 g/mol. The molecule has 0 aliphatic rings. The van der Waals surface area contributed by atoms with Gasteiger partial charge in [0, 0.05) is 0 Å². The minimum atomic E-state index is -0.696. The van der Waals surface area contributed by atoms with Crippen molar-refractivity contribution in [3.63, 3.8) is 0 Å². The molecule has 2 aromatic heterocycles. The lowest BCUT2D eigenvalue weighted by atomic mass is 10.3. The lowest BCUT2D eigenvalue weighted by Crippen LogP contribution is -2.23. The molecule has 114 valence electrons. The zero-order valence-corrected chi connectivity index (χ0v) is 12.7. The van der Waals surface area contributed by atoms with E-state index < -0.39 is 11.5 Å². The van der Waals surface area contributed by atoms with Crippen molar-refractivity contribution in [2.75, 3.05) is 7.11 Å². The Balaban J connectivity index is 2.88. The van der Waals surface area contributed by atoms with Gasteiger partial charge < -0.3 is 14.1 Å². The van der Waals surface area contributed by atoms with Gasteiger partial charge in [0.2, 0.25) is 0 Å². The fourth-order valence-corrected chi connectivity index (χ4v) is 2.35. The molecule has 0 fully saturated rings. The molecule has 0 spiro atoms. The highest BCUT2D eigenvalue weighted by Crippen LogP contribution is 2.27. The van der Waals surface area contributed by atoms with Crippen molar-refractivity contribution in [3.05, 3.63) is 27.4 Å². The van der Waals surface area contributed by atoms with Crippen molar-refractivity contribution < 1.29 is 14.3 Å². The SMILES string of the molecule is CC#CCn1c(Cl)c(C(=O)OC)c2ncn(CC=O)c(=O)c21. The molecule has 0 saturated heterocycles. The molecule has 0 bridgehead atoms. The number of fused-ring (bicyclic) bond motifs is 1. The van der Waals surface area contributed by atoms with Gasteiger partial charge >= 0.3 is 5.97 Å². The first-order valence-electron chi connectivity index (χ1n) is 6.25. The number of esters is 1. The van der Waals surface area contributed by atoms with Gasteiger partial charge in [0.05, 0.1) is 26.5 Å². The van der Waals surface area contributed by atoms with Crippen LogP contribution in [0.3, 0.4) is 0 Å². The number of aldehydes is 1. The summed E-state index contributed by atoms with van der Waals surface area (Å²) in [6.07, 6.45) is 1.77. The Morgan fingerprint density at radius 1 is 1.55 bits per heavy atom. The predicted octanol–water partition coefficient (Wildman–Crippen LogP) is 0.860. The molecule has 0 radical (unpaired) electrons. The van der Waals surface area contributed by atoms with Crippen LogP contribution in [0.2, 0.25) is 5.15 Å². The van der Waals surface area contributed by atoms with E-state index in [-0.39, 0.29) is 34.8 Å². The zero-order chi connectivity index (χ0) is 16.3. The zero-order valence-electron chi connectivity index (χ0n) is 11.9. The third kappa shape index (κ3) is 2.49. The second-order valence-corrected chi connectivity index (χ2v) is 4.59. The summed E-state index contributed by atoms with van der Waals surface area (Å²) in [6.45, 7) is 1.62. The van der Waals surface area contributed by atoms with Gasteiger partial charge in [0.25, 0.3) is 5.56 Å². The highest BCUT2D eigenvalue weighted by Gasteiger charge is 2.25.